The van der Waals surface area contributed by atoms with Crippen LogP contribution in [-0.2, 0) is 14.3 Å². The van der Waals surface area contributed by atoms with E-state index in [9.17, 15) is 19.5 Å². The van der Waals surface area contributed by atoms with E-state index in [1.54, 1.807) is 4.90 Å². The number of carbonyl (C=O) groups excluding carboxylic acids is 2. The standard InChI is InChI=1S/C29H34N2O6/c1-27(2,3)37-26(35)31-14-12-28(13-15-31)17-29(18-28,24(32)33)30-25(34)36-16-23-21-10-6-4-8-19(21)20-9-5-7-11-22(20)23/h4-11,23H,12-18H2,1-3H3,(H,30,34)(H,32,33). The second-order valence-electron chi connectivity index (χ2n) is 11.7. The minimum Gasteiger partial charge on any atom is -0.480 e. The van der Waals surface area contributed by atoms with Crippen LogP contribution in [0.3, 0.4) is 0 Å². The molecule has 0 atom stereocenters. The molecule has 0 bridgehead atoms. The number of hydrogen-bond donors (Lipinski definition) is 2. The van der Waals surface area contributed by atoms with Gasteiger partial charge in [0.15, 0.2) is 0 Å². The smallest absolute Gasteiger partial charge is 0.410 e. The van der Waals surface area contributed by atoms with Crippen molar-refractivity contribution in [2.45, 2.75) is 63.5 Å². The third-order valence-corrected chi connectivity index (χ3v) is 7.92. The Bertz CT molecular complexity index is 1170. The molecule has 1 saturated heterocycles. The van der Waals surface area contributed by atoms with Crippen molar-refractivity contribution in [3.05, 3.63) is 59.7 Å². The summed E-state index contributed by atoms with van der Waals surface area (Å²) in [6.45, 7) is 6.64. The van der Waals surface area contributed by atoms with Crippen LogP contribution in [0.1, 0.15) is 63.5 Å². The van der Waals surface area contributed by atoms with Crippen LogP contribution >= 0.6 is 0 Å². The Hall–Kier alpha value is -3.55. The summed E-state index contributed by atoms with van der Waals surface area (Å²) in [6, 6.07) is 16.1. The maximum Gasteiger partial charge on any atom is 0.410 e. The van der Waals surface area contributed by atoms with Gasteiger partial charge >= 0.3 is 18.2 Å². The van der Waals surface area contributed by atoms with Crippen LogP contribution in [0, 0.1) is 5.41 Å². The number of amides is 2. The van der Waals surface area contributed by atoms with E-state index >= 15 is 0 Å². The van der Waals surface area contributed by atoms with Crippen LogP contribution in [0.15, 0.2) is 48.5 Å². The number of hydrogen-bond acceptors (Lipinski definition) is 5. The van der Waals surface area contributed by atoms with Crippen molar-refractivity contribution in [2.24, 2.45) is 5.41 Å². The zero-order valence-corrected chi connectivity index (χ0v) is 21.6. The summed E-state index contributed by atoms with van der Waals surface area (Å²) in [5.74, 6) is -1.15. The first kappa shape index (κ1) is 25.1. The normalized spacial score (nSPS) is 19.4. The monoisotopic (exact) mass is 506 g/mol. The average molecular weight is 507 g/mol. The summed E-state index contributed by atoms with van der Waals surface area (Å²) in [7, 11) is 0. The molecule has 2 amide bonds. The van der Waals surface area contributed by atoms with E-state index < -0.39 is 23.2 Å². The molecule has 1 saturated carbocycles. The van der Waals surface area contributed by atoms with E-state index in [1.165, 1.54) is 0 Å². The van der Waals surface area contributed by atoms with Gasteiger partial charge in [-0.05, 0) is 74.1 Å². The number of fused-ring (bicyclic) bond motifs is 3. The SMILES string of the molecule is CC(C)(C)OC(=O)N1CCC2(CC1)CC(NC(=O)OCC1c3ccccc3-c3ccccc31)(C(=O)O)C2. The fraction of sp³-hybridized carbons (Fsp3) is 0.483. The van der Waals surface area contributed by atoms with Crippen molar-refractivity contribution in [3.8, 4) is 11.1 Å². The van der Waals surface area contributed by atoms with Gasteiger partial charge in [-0.25, -0.2) is 14.4 Å². The Labute approximate surface area is 216 Å². The number of aliphatic carboxylic acids is 1. The lowest BCUT2D eigenvalue weighted by Crippen LogP contribution is -2.68. The zero-order valence-electron chi connectivity index (χ0n) is 21.6. The third-order valence-electron chi connectivity index (χ3n) is 7.92. The van der Waals surface area contributed by atoms with E-state index in [1.807, 2.05) is 57.2 Å². The topological polar surface area (TPSA) is 105 Å². The highest BCUT2D eigenvalue weighted by Crippen LogP contribution is 2.55. The molecular formula is C29H34N2O6. The van der Waals surface area contributed by atoms with Crippen LogP contribution in [-0.4, -0.2) is 59.0 Å². The van der Waals surface area contributed by atoms with E-state index in [-0.39, 0.29) is 24.0 Å². The first-order valence-electron chi connectivity index (χ1n) is 12.9. The molecule has 37 heavy (non-hydrogen) atoms. The van der Waals surface area contributed by atoms with Gasteiger partial charge in [-0.15, -0.1) is 0 Å². The van der Waals surface area contributed by atoms with Gasteiger partial charge in [0.25, 0.3) is 0 Å². The Morgan fingerprint density at radius 2 is 1.51 bits per heavy atom. The molecule has 3 aliphatic rings. The van der Waals surface area contributed by atoms with Gasteiger partial charge in [-0.3, -0.25) is 0 Å². The number of rotatable bonds is 4. The van der Waals surface area contributed by atoms with Gasteiger partial charge in [-0.1, -0.05) is 48.5 Å². The quantitative estimate of drug-likeness (QED) is 0.594. The van der Waals surface area contributed by atoms with Crippen molar-refractivity contribution in [3.63, 3.8) is 0 Å². The lowest BCUT2D eigenvalue weighted by Gasteiger charge is -2.56. The van der Waals surface area contributed by atoms with Crippen molar-refractivity contribution >= 4 is 18.2 Å². The first-order chi connectivity index (χ1) is 17.5. The molecule has 196 valence electrons. The molecular weight excluding hydrogens is 472 g/mol. The Morgan fingerprint density at radius 1 is 0.973 bits per heavy atom. The van der Waals surface area contributed by atoms with Crippen LogP contribution in [0.25, 0.3) is 11.1 Å². The van der Waals surface area contributed by atoms with Crippen molar-refractivity contribution < 1.29 is 29.0 Å². The maximum atomic E-state index is 12.8. The second kappa shape index (κ2) is 9.08. The molecule has 0 unspecified atom stereocenters. The van der Waals surface area contributed by atoms with Gasteiger partial charge in [0, 0.05) is 19.0 Å². The number of ether oxygens (including phenoxy) is 2. The van der Waals surface area contributed by atoms with Crippen LogP contribution < -0.4 is 5.32 Å². The molecule has 5 rings (SSSR count). The number of piperidine rings is 1. The number of nitrogens with one attached hydrogen (secondary N) is 1. The van der Waals surface area contributed by atoms with E-state index in [2.05, 4.69) is 17.4 Å². The summed E-state index contributed by atoms with van der Waals surface area (Å²) in [6.07, 6.45) is 0.929. The number of carboxylic acid groups (broad SMARTS) is 1. The molecule has 2 fully saturated rings. The second-order valence-corrected chi connectivity index (χ2v) is 11.7. The largest absolute Gasteiger partial charge is 0.480 e. The Balaban J connectivity index is 1.18. The molecule has 2 aromatic rings. The van der Waals surface area contributed by atoms with E-state index in [0.29, 0.717) is 38.8 Å². The summed E-state index contributed by atoms with van der Waals surface area (Å²) in [4.78, 5) is 39.1. The van der Waals surface area contributed by atoms with Gasteiger partial charge in [0.1, 0.15) is 17.7 Å². The van der Waals surface area contributed by atoms with Gasteiger partial charge in [0.2, 0.25) is 0 Å². The number of nitrogens with zero attached hydrogens (tertiary/aromatic N) is 1. The maximum absolute atomic E-state index is 12.8. The predicted octanol–water partition coefficient (Wildman–Crippen LogP) is 5.16. The Morgan fingerprint density at radius 3 is 2.03 bits per heavy atom. The molecule has 0 aromatic heterocycles. The highest BCUT2D eigenvalue weighted by atomic mass is 16.6. The number of benzene rings is 2. The van der Waals surface area contributed by atoms with E-state index in [0.717, 1.165) is 22.3 Å². The van der Waals surface area contributed by atoms with Crippen LogP contribution in [0.4, 0.5) is 9.59 Å². The molecule has 1 heterocycles. The van der Waals surface area contributed by atoms with Gasteiger partial charge in [0.05, 0.1) is 0 Å². The summed E-state index contributed by atoms with van der Waals surface area (Å²) in [5, 5.41) is 12.7. The lowest BCUT2D eigenvalue weighted by molar-refractivity contribution is -0.159. The van der Waals surface area contributed by atoms with Gasteiger partial charge < -0.3 is 24.8 Å². The molecule has 8 heteroatoms. The zero-order chi connectivity index (χ0) is 26.4. The first-order valence-corrected chi connectivity index (χ1v) is 12.9. The van der Waals surface area contributed by atoms with Crippen LogP contribution in [0.5, 0.6) is 0 Å². The number of carboxylic acids is 1. The molecule has 2 N–H and O–H groups in total. The van der Waals surface area contributed by atoms with E-state index in [4.69, 9.17) is 9.47 Å². The number of likely N-dealkylation sites (tertiary alicyclic amines) is 1. The van der Waals surface area contributed by atoms with Gasteiger partial charge in [-0.2, -0.15) is 0 Å². The predicted molar refractivity (Wildman–Crippen MR) is 137 cm³/mol. The highest BCUT2D eigenvalue weighted by Gasteiger charge is 2.60. The number of carbonyl (C=O) groups is 3. The molecule has 2 aromatic carbocycles. The molecule has 1 aliphatic heterocycles. The summed E-state index contributed by atoms with van der Waals surface area (Å²) >= 11 is 0. The molecule has 8 nitrogen and oxygen atoms in total. The number of alkyl carbamates (subject to hydrolysis) is 1. The van der Waals surface area contributed by atoms with Crippen molar-refractivity contribution in [1.82, 2.24) is 10.2 Å². The molecule has 1 spiro atoms. The minimum absolute atomic E-state index is 0.0937. The average Bonchev–Trinajstić information content (AvgIpc) is 3.14. The van der Waals surface area contributed by atoms with Crippen LogP contribution in [0.2, 0.25) is 0 Å². The molecule has 2 aliphatic carbocycles. The highest BCUT2D eigenvalue weighted by molar-refractivity contribution is 5.86. The Kier molecular flexibility index (Phi) is 6.16. The van der Waals surface area contributed by atoms with Crippen molar-refractivity contribution in [2.75, 3.05) is 19.7 Å². The minimum atomic E-state index is -1.35. The van der Waals surface area contributed by atoms with Crippen molar-refractivity contribution in [1.29, 1.82) is 0 Å². The fourth-order valence-corrected chi connectivity index (χ4v) is 6.20. The fourth-order valence-electron chi connectivity index (χ4n) is 6.20. The summed E-state index contributed by atoms with van der Waals surface area (Å²) in [5.41, 5.74) is 2.34. The summed E-state index contributed by atoms with van der Waals surface area (Å²) < 4.78 is 11.1. The third kappa shape index (κ3) is 4.77. The molecule has 0 radical (unpaired) electrons. The lowest BCUT2D eigenvalue weighted by atomic mass is 9.53.